The zero-order valence-corrected chi connectivity index (χ0v) is 14.3. The van der Waals surface area contributed by atoms with Crippen molar-refractivity contribution < 1.29 is 28.2 Å². The quantitative estimate of drug-likeness (QED) is 0.608. The summed E-state index contributed by atoms with van der Waals surface area (Å²) in [5, 5.41) is 2.32. The number of ether oxygens (including phenoxy) is 3. The summed E-state index contributed by atoms with van der Waals surface area (Å²) in [5.41, 5.74) is 0.629. The predicted octanol–water partition coefficient (Wildman–Crippen LogP) is 3.04. The number of para-hydroxylation sites is 2. The van der Waals surface area contributed by atoms with Gasteiger partial charge in [-0.05, 0) is 24.3 Å². The first-order chi connectivity index (χ1) is 12.5. The van der Waals surface area contributed by atoms with Crippen LogP contribution in [0.2, 0.25) is 0 Å². The summed E-state index contributed by atoms with van der Waals surface area (Å²) in [6, 6.07) is 10.9. The Balaban J connectivity index is 1.92. The summed E-state index contributed by atoms with van der Waals surface area (Å²) in [4.78, 5) is 23.5. The first-order valence-electron chi connectivity index (χ1n) is 7.65. The number of amides is 1. The smallest absolute Gasteiger partial charge is 0.331 e. The molecule has 26 heavy (non-hydrogen) atoms. The predicted molar refractivity (Wildman–Crippen MR) is 94.6 cm³/mol. The van der Waals surface area contributed by atoms with Crippen LogP contribution in [0.4, 0.5) is 10.1 Å². The van der Waals surface area contributed by atoms with Crippen molar-refractivity contribution in [1.29, 1.82) is 0 Å². The van der Waals surface area contributed by atoms with Gasteiger partial charge in [-0.15, -0.1) is 0 Å². The van der Waals surface area contributed by atoms with Crippen LogP contribution in [0.3, 0.4) is 0 Å². The Morgan fingerprint density at radius 2 is 1.85 bits per heavy atom. The van der Waals surface area contributed by atoms with E-state index >= 15 is 0 Å². The van der Waals surface area contributed by atoms with E-state index in [1.807, 2.05) is 0 Å². The molecule has 0 fully saturated rings. The van der Waals surface area contributed by atoms with Crippen molar-refractivity contribution >= 4 is 23.6 Å². The molecule has 1 N–H and O–H groups in total. The number of esters is 1. The normalized spacial score (nSPS) is 10.4. The Morgan fingerprint density at radius 1 is 1.08 bits per heavy atom. The standard InChI is InChI=1S/C19H18FNO5/c1-24-16-9-5-6-13(19(16)25-2)10-11-18(23)26-12-17(22)21-15-8-4-3-7-14(15)20/h3-11H,12H2,1-2H3,(H,21,22)/b11-10+. The highest BCUT2D eigenvalue weighted by Crippen LogP contribution is 2.31. The fourth-order valence-corrected chi connectivity index (χ4v) is 2.13. The zero-order chi connectivity index (χ0) is 18.9. The molecule has 0 aliphatic carbocycles. The number of rotatable bonds is 7. The molecule has 0 radical (unpaired) electrons. The third kappa shape index (κ3) is 5.07. The lowest BCUT2D eigenvalue weighted by molar-refractivity contribution is -0.142. The molecular formula is C19H18FNO5. The maximum absolute atomic E-state index is 13.4. The molecule has 0 atom stereocenters. The monoisotopic (exact) mass is 359 g/mol. The topological polar surface area (TPSA) is 73.9 Å². The Labute approximate surface area is 150 Å². The van der Waals surface area contributed by atoms with Gasteiger partial charge in [-0.1, -0.05) is 24.3 Å². The highest BCUT2D eigenvalue weighted by Gasteiger charge is 2.10. The minimum atomic E-state index is -0.724. The molecule has 0 saturated carbocycles. The number of halogens is 1. The van der Waals surface area contributed by atoms with Crippen LogP contribution in [0.1, 0.15) is 5.56 Å². The van der Waals surface area contributed by atoms with Crippen molar-refractivity contribution in [1.82, 2.24) is 0 Å². The number of carbonyl (C=O) groups is 2. The molecule has 0 aromatic heterocycles. The van der Waals surface area contributed by atoms with Crippen LogP contribution < -0.4 is 14.8 Å². The van der Waals surface area contributed by atoms with Crippen molar-refractivity contribution in [2.45, 2.75) is 0 Å². The third-order valence-electron chi connectivity index (χ3n) is 3.33. The number of hydrogen-bond acceptors (Lipinski definition) is 5. The van der Waals surface area contributed by atoms with E-state index in [0.29, 0.717) is 17.1 Å². The van der Waals surface area contributed by atoms with Gasteiger partial charge >= 0.3 is 5.97 Å². The molecule has 6 nitrogen and oxygen atoms in total. The van der Waals surface area contributed by atoms with Crippen molar-refractivity contribution in [2.75, 3.05) is 26.1 Å². The molecule has 2 aromatic rings. The van der Waals surface area contributed by atoms with E-state index < -0.39 is 24.3 Å². The van der Waals surface area contributed by atoms with Gasteiger partial charge in [0.05, 0.1) is 19.9 Å². The zero-order valence-electron chi connectivity index (χ0n) is 14.3. The van der Waals surface area contributed by atoms with E-state index in [4.69, 9.17) is 14.2 Å². The average molecular weight is 359 g/mol. The second-order valence-corrected chi connectivity index (χ2v) is 5.05. The summed E-state index contributed by atoms with van der Waals surface area (Å²) in [5.74, 6) is -0.949. The highest BCUT2D eigenvalue weighted by molar-refractivity contribution is 5.94. The van der Waals surface area contributed by atoms with Crippen LogP contribution in [-0.4, -0.2) is 32.7 Å². The minimum Gasteiger partial charge on any atom is -0.493 e. The van der Waals surface area contributed by atoms with Gasteiger partial charge in [-0.2, -0.15) is 0 Å². The summed E-state index contributed by atoms with van der Waals surface area (Å²) in [6.45, 7) is -0.535. The van der Waals surface area contributed by atoms with Crippen molar-refractivity contribution in [3.05, 3.63) is 59.9 Å². The first-order valence-corrected chi connectivity index (χ1v) is 7.65. The molecule has 7 heteroatoms. The summed E-state index contributed by atoms with van der Waals surface area (Å²) in [6.07, 6.45) is 2.64. The molecule has 0 heterocycles. The Bertz CT molecular complexity index is 819. The molecule has 2 aromatic carbocycles. The maximum Gasteiger partial charge on any atom is 0.331 e. The van der Waals surface area contributed by atoms with Gasteiger partial charge in [0.25, 0.3) is 5.91 Å². The van der Waals surface area contributed by atoms with Crippen molar-refractivity contribution in [3.8, 4) is 11.5 Å². The molecule has 0 spiro atoms. The van der Waals surface area contributed by atoms with Crippen LogP contribution in [0.5, 0.6) is 11.5 Å². The molecule has 2 rings (SSSR count). The molecule has 0 saturated heterocycles. The average Bonchev–Trinajstić information content (AvgIpc) is 2.66. The number of carbonyl (C=O) groups excluding carboxylic acids is 2. The van der Waals surface area contributed by atoms with E-state index in [1.54, 1.807) is 24.3 Å². The lowest BCUT2D eigenvalue weighted by Crippen LogP contribution is -2.20. The van der Waals surface area contributed by atoms with Gasteiger partial charge in [0.2, 0.25) is 0 Å². The molecule has 136 valence electrons. The largest absolute Gasteiger partial charge is 0.493 e. The van der Waals surface area contributed by atoms with E-state index in [9.17, 15) is 14.0 Å². The number of anilines is 1. The van der Waals surface area contributed by atoms with E-state index in [-0.39, 0.29) is 5.69 Å². The fraction of sp³-hybridized carbons (Fsp3) is 0.158. The van der Waals surface area contributed by atoms with Crippen LogP contribution >= 0.6 is 0 Å². The fourth-order valence-electron chi connectivity index (χ4n) is 2.13. The lowest BCUT2D eigenvalue weighted by atomic mass is 10.1. The van der Waals surface area contributed by atoms with Crippen LogP contribution in [0.25, 0.3) is 6.08 Å². The van der Waals surface area contributed by atoms with E-state index in [2.05, 4.69) is 5.32 Å². The molecular weight excluding hydrogens is 341 g/mol. The number of hydrogen-bond donors (Lipinski definition) is 1. The molecule has 0 bridgehead atoms. The number of nitrogens with one attached hydrogen (secondary N) is 1. The summed E-state index contributed by atoms with van der Waals surface area (Å²) < 4.78 is 28.7. The van der Waals surface area contributed by atoms with Crippen molar-refractivity contribution in [3.63, 3.8) is 0 Å². The molecule has 0 unspecified atom stereocenters. The maximum atomic E-state index is 13.4. The van der Waals surface area contributed by atoms with Crippen LogP contribution in [-0.2, 0) is 14.3 Å². The SMILES string of the molecule is COc1cccc(/C=C/C(=O)OCC(=O)Nc2ccccc2F)c1OC. The van der Waals surface area contributed by atoms with Crippen LogP contribution in [0.15, 0.2) is 48.5 Å². The molecule has 1 amide bonds. The number of methoxy groups -OCH3 is 2. The van der Waals surface area contributed by atoms with Gasteiger partial charge in [0.15, 0.2) is 18.1 Å². The lowest BCUT2D eigenvalue weighted by Gasteiger charge is -2.09. The Hall–Kier alpha value is -3.35. The molecule has 0 aliphatic rings. The second kappa shape index (κ2) is 9.22. The third-order valence-corrected chi connectivity index (χ3v) is 3.33. The van der Waals surface area contributed by atoms with Gasteiger partial charge in [-0.25, -0.2) is 9.18 Å². The van der Waals surface area contributed by atoms with Crippen molar-refractivity contribution in [2.24, 2.45) is 0 Å². The van der Waals surface area contributed by atoms with Gasteiger partial charge < -0.3 is 19.5 Å². The first kappa shape index (κ1) is 19.0. The van der Waals surface area contributed by atoms with E-state index in [1.165, 1.54) is 38.5 Å². The summed E-state index contributed by atoms with van der Waals surface area (Å²) in [7, 11) is 2.99. The minimum absolute atomic E-state index is 0.0187. The van der Waals surface area contributed by atoms with Crippen LogP contribution in [0, 0.1) is 5.82 Å². The Morgan fingerprint density at radius 3 is 2.54 bits per heavy atom. The summed E-state index contributed by atoms with van der Waals surface area (Å²) >= 11 is 0. The molecule has 0 aliphatic heterocycles. The number of benzene rings is 2. The van der Waals surface area contributed by atoms with Gasteiger partial charge in [0, 0.05) is 11.6 Å². The highest BCUT2D eigenvalue weighted by atomic mass is 19.1. The van der Waals surface area contributed by atoms with Gasteiger partial charge in [-0.3, -0.25) is 4.79 Å². The van der Waals surface area contributed by atoms with Gasteiger partial charge in [0.1, 0.15) is 5.82 Å². The second-order valence-electron chi connectivity index (χ2n) is 5.05. The van der Waals surface area contributed by atoms with E-state index in [0.717, 1.165) is 6.08 Å². The Kier molecular flexibility index (Phi) is 6.73.